The highest BCUT2D eigenvalue weighted by molar-refractivity contribution is 5.36. The van der Waals surface area contributed by atoms with Crippen molar-refractivity contribution in [2.75, 3.05) is 6.61 Å². The first-order valence-electron chi connectivity index (χ1n) is 14.9. The molecule has 6 rings (SSSR count). The van der Waals surface area contributed by atoms with Gasteiger partial charge in [-0.25, -0.2) is 4.68 Å². The third kappa shape index (κ3) is 5.85. The molecule has 238 valence electrons. The molecule has 3 aromatic carbocycles. The van der Waals surface area contributed by atoms with Gasteiger partial charge >= 0.3 is 12.4 Å². The second-order valence-electron chi connectivity index (χ2n) is 11.9. The molecule has 1 aromatic heterocycles. The molecule has 5 atom stereocenters. The lowest BCUT2D eigenvalue weighted by atomic mass is 9.77. The Hall–Kier alpha value is -3.77. The van der Waals surface area contributed by atoms with E-state index in [0.717, 1.165) is 35.5 Å². The Morgan fingerprint density at radius 3 is 2.09 bits per heavy atom. The summed E-state index contributed by atoms with van der Waals surface area (Å²) in [6, 6.07) is 21.8. The second kappa shape index (κ2) is 11.9. The fourth-order valence-corrected chi connectivity index (χ4v) is 7.49. The van der Waals surface area contributed by atoms with Crippen LogP contribution in [0.1, 0.15) is 71.8 Å². The lowest BCUT2D eigenvalue weighted by Crippen LogP contribution is -2.57. The minimum Gasteiger partial charge on any atom is -0.376 e. The first-order chi connectivity index (χ1) is 21.4. The molecule has 0 amide bonds. The fourth-order valence-electron chi connectivity index (χ4n) is 7.49. The Kier molecular flexibility index (Phi) is 8.23. The Labute approximate surface area is 257 Å². The van der Waals surface area contributed by atoms with E-state index in [2.05, 4.69) is 51.6 Å². The van der Waals surface area contributed by atoms with Gasteiger partial charge in [0.15, 0.2) is 5.82 Å². The van der Waals surface area contributed by atoms with E-state index >= 15 is 0 Å². The molecule has 3 heterocycles. The Morgan fingerprint density at radius 1 is 0.889 bits per heavy atom. The smallest absolute Gasteiger partial charge is 0.376 e. The van der Waals surface area contributed by atoms with Crippen molar-refractivity contribution in [3.8, 4) is 0 Å². The predicted octanol–water partition coefficient (Wildman–Crippen LogP) is 7.48. The number of hydrogen-bond donors (Lipinski definition) is 0. The van der Waals surface area contributed by atoms with Crippen molar-refractivity contribution < 1.29 is 31.1 Å². The molecule has 0 spiro atoms. The number of aryl methyl sites for hydroxylation is 1. The Bertz CT molecular complexity index is 1580. The monoisotopic (exact) mass is 629 g/mol. The van der Waals surface area contributed by atoms with Crippen LogP contribution in [0.25, 0.3) is 0 Å². The van der Waals surface area contributed by atoms with Gasteiger partial charge in [-0.05, 0) is 77.9 Å². The summed E-state index contributed by atoms with van der Waals surface area (Å²) < 4.78 is 89.3. The number of ether oxygens (including phenoxy) is 1. The predicted molar refractivity (Wildman–Crippen MR) is 154 cm³/mol. The van der Waals surface area contributed by atoms with Gasteiger partial charge in [0, 0.05) is 25.0 Å². The Balaban J connectivity index is 1.37. The van der Waals surface area contributed by atoms with Gasteiger partial charge in [0.1, 0.15) is 0 Å². The SMILES string of the molecule is CC(c1ccccc1)N1[C@@H]2CC[C@H](OCCc3cc(C(F)(F)F)cc(C(F)(F)F)c3)[C@@]1(c1ccccc1)C[C@@H]2c1nnnn1C. The van der Waals surface area contributed by atoms with Gasteiger partial charge in [-0.15, -0.1) is 5.10 Å². The number of alkyl halides is 6. The lowest BCUT2D eigenvalue weighted by Gasteiger charge is -2.52. The molecule has 0 N–H and O–H groups in total. The minimum absolute atomic E-state index is 0.0391. The van der Waals surface area contributed by atoms with Crippen LogP contribution in [-0.4, -0.2) is 43.9 Å². The molecule has 2 aliphatic rings. The van der Waals surface area contributed by atoms with Crippen molar-refractivity contribution >= 4 is 0 Å². The van der Waals surface area contributed by atoms with E-state index in [-0.39, 0.29) is 42.7 Å². The summed E-state index contributed by atoms with van der Waals surface area (Å²) in [6.07, 6.45) is -8.31. The van der Waals surface area contributed by atoms with E-state index < -0.39 is 35.1 Å². The number of halogens is 6. The zero-order valence-electron chi connectivity index (χ0n) is 24.8. The maximum atomic E-state index is 13.5. The van der Waals surface area contributed by atoms with Gasteiger partial charge in [-0.2, -0.15) is 26.3 Å². The summed E-state index contributed by atoms with van der Waals surface area (Å²) in [5.41, 5.74) is -1.26. The van der Waals surface area contributed by atoms with Gasteiger partial charge in [-0.1, -0.05) is 60.7 Å². The zero-order chi connectivity index (χ0) is 32.0. The quantitative estimate of drug-likeness (QED) is 0.189. The summed E-state index contributed by atoms with van der Waals surface area (Å²) in [7, 11) is 1.82. The van der Waals surface area contributed by atoms with Crippen LogP contribution in [0, 0.1) is 0 Å². The lowest BCUT2D eigenvalue weighted by molar-refractivity contribution is -0.143. The molecule has 2 bridgehead atoms. The first kappa shape index (κ1) is 31.2. The first-order valence-corrected chi connectivity index (χ1v) is 14.9. The zero-order valence-corrected chi connectivity index (χ0v) is 24.8. The fraction of sp³-hybridized carbons (Fsp3) is 0.424. The molecule has 6 nitrogen and oxygen atoms in total. The third-order valence-electron chi connectivity index (χ3n) is 9.39. The average molecular weight is 630 g/mol. The van der Waals surface area contributed by atoms with Crippen molar-refractivity contribution in [2.24, 2.45) is 7.05 Å². The molecular weight excluding hydrogens is 596 g/mol. The molecule has 2 aliphatic heterocycles. The molecule has 45 heavy (non-hydrogen) atoms. The highest BCUT2D eigenvalue weighted by Crippen LogP contribution is 2.59. The van der Waals surface area contributed by atoms with Crippen LogP contribution in [0.2, 0.25) is 0 Å². The molecule has 4 aromatic rings. The van der Waals surface area contributed by atoms with Gasteiger partial charge in [-0.3, -0.25) is 4.90 Å². The summed E-state index contributed by atoms with van der Waals surface area (Å²) in [5, 5.41) is 12.4. The number of aromatic nitrogens is 4. The number of fused-ring (bicyclic) bond motifs is 2. The van der Waals surface area contributed by atoms with Crippen molar-refractivity contribution in [3.05, 3.63) is 113 Å². The largest absolute Gasteiger partial charge is 0.416 e. The maximum absolute atomic E-state index is 13.5. The molecule has 2 fully saturated rings. The van der Waals surface area contributed by atoms with Crippen molar-refractivity contribution in [2.45, 2.75) is 74.6 Å². The van der Waals surface area contributed by atoms with E-state index in [9.17, 15) is 26.3 Å². The molecule has 0 aliphatic carbocycles. The van der Waals surface area contributed by atoms with Crippen molar-refractivity contribution in [3.63, 3.8) is 0 Å². The summed E-state index contributed by atoms with van der Waals surface area (Å²) in [5.74, 6) is 0.718. The van der Waals surface area contributed by atoms with Crippen molar-refractivity contribution in [1.82, 2.24) is 25.1 Å². The van der Waals surface area contributed by atoms with Gasteiger partial charge in [0.05, 0.1) is 29.4 Å². The van der Waals surface area contributed by atoms with E-state index in [0.29, 0.717) is 12.8 Å². The summed E-state index contributed by atoms with van der Waals surface area (Å²) >= 11 is 0. The summed E-state index contributed by atoms with van der Waals surface area (Å²) in [4.78, 5) is 2.48. The van der Waals surface area contributed by atoms with Gasteiger partial charge < -0.3 is 4.74 Å². The van der Waals surface area contributed by atoms with E-state index in [1.54, 1.807) is 4.68 Å². The standard InChI is InChI=1S/C33H33F6N5O/c1-21(23-9-5-3-6-10-23)44-28-13-14-29(45-16-15-22-17-25(32(34,35)36)19-26(18-22)33(37,38)39)31(44,24-11-7-4-8-12-24)20-27(28)30-40-41-42-43(30)2/h3-12,17-19,21,27-29H,13-16,20H2,1-2H3/t21?,27-,28+,29-,31-/m0/s1. The summed E-state index contributed by atoms with van der Waals surface area (Å²) in [6.45, 7) is 2.10. The Morgan fingerprint density at radius 2 is 1.51 bits per heavy atom. The van der Waals surface area contributed by atoms with Crippen LogP contribution in [0.5, 0.6) is 0 Å². The van der Waals surface area contributed by atoms with Gasteiger partial charge in [0.25, 0.3) is 0 Å². The number of rotatable bonds is 8. The van der Waals surface area contributed by atoms with E-state index in [1.165, 1.54) is 0 Å². The molecule has 12 heteroatoms. The van der Waals surface area contributed by atoms with Crippen LogP contribution < -0.4 is 0 Å². The van der Waals surface area contributed by atoms with Crippen molar-refractivity contribution in [1.29, 1.82) is 0 Å². The molecule has 0 radical (unpaired) electrons. The highest BCUT2D eigenvalue weighted by Gasteiger charge is 2.62. The van der Waals surface area contributed by atoms with Crippen LogP contribution >= 0.6 is 0 Å². The van der Waals surface area contributed by atoms with E-state index in [4.69, 9.17) is 4.74 Å². The number of piperidine rings is 1. The topological polar surface area (TPSA) is 56.1 Å². The third-order valence-corrected chi connectivity index (χ3v) is 9.39. The molecule has 1 unspecified atom stereocenters. The van der Waals surface area contributed by atoms with Crippen LogP contribution in [0.3, 0.4) is 0 Å². The maximum Gasteiger partial charge on any atom is 0.416 e. The second-order valence-corrected chi connectivity index (χ2v) is 11.9. The minimum atomic E-state index is -4.91. The van der Waals surface area contributed by atoms with Gasteiger partial charge in [0.2, 0.25) is 0 Å². The average Bonchev–Trinajstić information content (AvgIpc) is 3.55. The number of tetrazole rings is 1. The molecule has 2 saturated heterocycles. The molecule has 0 saturated carbocycles. The van der Waals surface area contributed by atoms with Crippen LogP contribution in [0.15, 0.2) is 78.9 Å². The number of benzene rings is 3. The number of hydrogen-bond acceptors (Lipinski definition) is 5. The normalized spacial score (nSPS) is 24.6. The van der Waals surface area contributed by atoms with E-state index in [1.807, 2.05) is 43.4 Å². The number of nitrogens with zero attached hydrogens (tertiary/aromatic N) is 5. The van der Waals surface area contributed by atoms with Crippen LogP contribution in [-0.2, 0) is 36.1 Å². The van der Waals surface area contributed by atoms with Crippen LogP contribution in [0.4, 0.5) is 26.3 Å². The molecular formula is C33H33F6N5O. The highest BCUT2D eigenvalue weighted by atomic mass is 19.4.